The van der Waals surface area contributed by atoms with Gasteiger partial charge in [-0.05, 0) is 43.7 Å². The van der Waals surface area contributed by atoms with E-state index < -0.39 is 0 Å². The van der Waals surface area contributed by atoms with Crippen molar-refractivity contribution in [2.24, 2.45) is 0 Å². The number of halogens is 1. The van der Waals surface area contributed by atoms with E-state index in [1.54, 1.807) is 0 Å². The third-order valence-electron chi connectivity index (χ3n) is 2.90. The minimum absolute atomic E-state index is 0.154. The van der Waals surface area contributed by atoms with Crippen molar-refractivity contribution in [3.8, 4) is 0 Å². The Hall–Kier alpha value is -0.830. The van der Waals surface area contributed by atoms with Crippen LogP contribution in [0.3, 0.4) is 0 Å². The molecule has 0 spiro atoms. The first-order valence-corrected chi connectivity index (χ1v) is 7.47. The molecular formula is C15H21BrO2. The van der Waals surface area contributed by atoms with Crippen molar-refractivity contribution >= 4 is 21.9 Å². The Bertz CT molecular complexity index is 359. The van der Waals surface area contributed by atoms with Crippen LogP contribution in [0.2, 0.25) is 0 Å². The highest BCUT2D eigenvalue weighted by atomic mass is 79.9. The standard InChI is InChI=1S/C15H21BrO2/c1-3-12-8-10-13(11-9-12)6-5-7-14(16)15(17)18-4-2/h8-11,14H,3-7H2,1-2H3. The Morgan fingerprint density at radius 3 is 2.39 bits per heavy atom. The Morgan fingerprint density at radius 2 is 1.83 bits per heavy atom. The fourth-order valence-electron chi connectivity index (χ4n) is 1.78. The van der Waals surface area contributed by atoms with Gasteiger partial charge in [0.25, 0.3) is 0 Å². The third-order valence-corrected chi connectivity index (χ3v) is 3.73. The zero-order valence-corrected chi connectivity index (χ0v) is 12.7. The molecule has 100 valence electrons. The van der Waals surface area contributed by atoms with E-state index in [1.807, 2.05) is 6.92 Å². The van der Waals surface area contributed by atoms with Crippen LogP contribution < -0.4 is 0 Å². The van der Waals surface area contributed by atoms with Gasteiger partial charge in [0.2, 0.25) is 0 Å². The van der Waals surface area contributed by atoms with Crippen LogP contribution in [-0.4, -0.2) is 17.4 Å². The average molecular weight is 313 g/mol. The highest BCUT2D eigenvalue weighted by Crippen LogP contribution is 2.14. The summed E-state index contributed by atoms with van der Waals surface area (Å²) in [6.07, 6.45) is 3.88. The first-order valence-electron chi connectivity index (χ1n) is 6.55. The topological polar surface area (TPSA) is 26.3 Å². The second kappa shape index (κ2) is 8.30. The Balaban J connectivity index is 2.30. The molecule has 0 bridgehead atoms. The van der Waals surface area contributed by atoms with Crippen molar-refractivity contribution in [3.05, 3.63) is 35.4 Å². The minimum Gasteiger partial charge on any atom is -0.465 e. The number of hydrogen-bond acceptors (Lipinski definition) is 2. The minimum atomic E-state index is -0.174. The summed E-state index contributed by atoms with van der Waals surface area (Å²) in [5.74, 6) is -0.154. The SMILES string of the molecule is CCOC(=O)C(Br)CCCc1ccc(CC)cc1. The Kier molecular flexibility index (Phi) is 7.02. The largest absolute Gasteiger partial charge is 0.465 e. The maximum absolute atomic E-state index is 11.4. The summed E-state index contributed by atoms with van der Waals surface area (Å²) in [7, 11) is 0. The molecular weight excluding hydrogens is 292 g/mol. The lowest BCUT2D eigenvalue weighted by molar-refractivity contribution is -0.142. The van der Waals surface area contributed by atoms with E-state index in [9.17, 15) is 4.79 Å². The zero-order valence-electron chi connectivity index (χ0n) is 11.1. The quantitative estimate of drug-likeness (QED) is 0.564. The molecule has 0 fully saturated rings. The maximum atomic E-state index is 11.4. The summed E-state index contributed by atoms with van der Waals surface area (Å²) in [6.45, 7) is 4.43. The van der Waals surface area contributed by atoms with Gasteiger partial charge in [-0.2, -0.15) is 0 Å². The summed E-state index contributed by atoms with van der Waals surface area (Å²) < 4.78 is 4.95. The summed E-state index contributed by atoms with van der Waals surface area (Å²) in [5, 5.41) is 0. The highest BCUT2D eigenvalue weighted by Gasteiger charge is 2.14. The van der Waals surface area contributed by atoms with E-state index in [0.29, 0.717) is 6.61 Å². The van der Waals surface area contributed by atoms with Gasteiger partial charge in [-0.15, -0.1) is 0 Å². The fourth-order valence-corrected chi connectivity index (χ4v) is 2.23. The van der Waals surface area contributed by atoms with Gasteiger partial charge < -0.3 is 4.74 Å². The van der Waals surface area contributed by atoms with Crippen LogP contribution in [0.15, 0.2) is 24.3 Å². The predicted molar refractivity (Wildman–Crippen MR) is 78.1 cm³/mol. The normalized spacial score (nSPS) is 12.2. The van der Waals surface area contributed by atoms with Gasteiger partial charge in [-0.3, -0.25) is 4.79 Å². The van der Waals surface area contributed by atoms with E-state index in [2.05, 4.69) is 47.1 Å². The van der Waals surface area contributed by atoms with Gasteiger partial charge >= 0.3 is 5.97 Å². The van der Waals surface area contributed by atoms with E-state index >= 15 is 0 Å². The highest BCUT2D eigenvalue weighted by molar-refractivity contribution is 9.10. The van der Waals surface area contributed by atoms with Gasteiger partial charge in [0.1, 0.15) is 4.83 Å². The molecule has 0 amide bonds. The monoisotopic (exact) mass is 312 g/mol. The Morgan fingerprint density at radius 1 is 1.22 bits per heavy atom. The van der Waals surface area contributed by atoms with E-state index in [1.165, 1.54) is 11.1 Å². The molecule has 0 radical (unpaired) electrons. The van der Waals surface area contributed by atoms with Crippen LogP contribution in [0, 0.1) is 0 Å². The van der Waals surface area contributed by atoms with Gasteiger partial charge in [-0.25, -0.2) is 0 Å². The van der Waals surface area contributed by atoms with Crippen LogP contribution >= 0.6 is 15.9 Å². The summed E-state index contributed by atoms with van der Waals surface area (Å²) in [5.41, 5.74) is 2.69. The Labute approximate surface area is 118 Å². The first kappa shape index (κ1) is 15.2. The van der Waals surface area contributed by atoms with E-state index in [-0.39, 0.29) is 10.8 Å². The summed E-state index contributed by atoms with van der Waals surface area (Å²) >= 11 is 3.37. The molecule has 1 unspecified atom stereocenters. The number of hydrogen-bond donors (Lipinski definition) is 0. The number of esters is 1. The lowest BCUT2D eigenvalue weighted by Crippen LogP contribution is -2.17. The van der Waals surface area contributed by atoms with Crippen molar-refractivity contribution in [2.75, 3.05) is 6.61 Å². The van der Waals surface area contributed by atoms with Crippen molar-refractivity contribution < 1.29 is 9.53 Å². The second-order valence-corrected chi connectivity index (χ2v) is 5.39. The van der Waals surface area contributed by atoms with Crippen molar-refractivity contribution in [1.29, 1.82) is 0 Å². The molecule has 3 heteroatoms. The molecule has 0 saturated heterocycles. The van der Waals surface area contributed by atoms with Crippen molar-refractivity contribution in [2.45, 2.75) is 44.4 Å². The van der Waals surface area contributed by atoms with Crippen LogP contribution in [0.5, 0.6) is 0 Å². The van der Waals surface area contributed by atoms with Crippen LogP contribution in [0.1, 0.15) is 37.8 Å². The van der Waals surface area contributed by atoms with Crippen molar-refractivity contribution in [1.82, 2.24) is 0 Å². The smallest absolute Gasteiger partial charge is 0.319 e. The third kappa shape index (κ3) is 5.21. The number of aryl methyl sites for hydroxylation is 2. The number of ether oxygens (including phenoxy) is 1. The molecule has 1 aromatic carbocycles. The lowest BCUT2D eigenvalue weighted by atomic mass is 10.0. The second-order valence-electron chi connectivity index (χ2n) is 4.28. The molecule has 1 rings (SSSR count). The molecule has 0 aliphatic carbocycles. The predicted octanol–water partition coefficient (Wildman–Crippen LogP) is 3.90. The van der Waals surface area contributed by atoms with Gasteiger partial charge in [-0.1, -0.05) is 47.1 Å². The summed E-state index contributed by atoms with van der Waals surface area (Å²) in [4.78, 5) is 11.2. The fraction of sp³-hybridized carbons (Fsp3) is 0.533. The average Bonchev–Trinajstić information content (AvgIpc) is 2.39. The number of rotatable bonds is 7. The molecule has 0 saturated carbocycles. The molecule has 0 aliphatic rings. The number of alkyl halides is 1. The number of carbonyl (C=O) groups is 1. The number of carbonyl (C=O) groups excluding carboxylic acids is 1. The molecule has 0 N–H and O–H groups in total. The molecule has 0 heterocycles. The lowest BCUT2D eigenvalue weighted by Gasteiger charge is -2.08. The van der Waals surface area contributed by atoms with Gasteiger partial charge in [0, 0.05) is 0 Å². The van der Waals surface area contributed by atoms with Gasteiger partial charge in [0.15, 0.2) is 0 Å². The van der Waals surface area contributed by atoms with E-state index in [4.69, 9.17) is 4.74 Å². The molecule has 0 aromatic heterocycles. The first-order chi connectivity index (χ1) is 8.67. The molecule has 0 aliphatic heterocycles. The maximum Gasteiger partial charge on any atom is 0.319 e. The number of benzene rings is 1. The molecule has 1 aromatic rings. The van der Waals surface area contributed by atoms with E-state index in [0.717, 1.165) is 25.7 Å². The van der Waals surface area contributed by atoms with Gasteiger partial charge in [0.05, 0.1) is 6.61 Å². The van der Waals surface area contributed by atoms with Crippen LogP contribution in [0.25, 0.3) is 0 Å². The zero-order chi connectivity index (χ0) is 13.4. The molecule has 2 nitrogen and oxygen atoms in total. The van der Waals surface area contributed by atoms with Crippen LogP contribution in [0.4, 0.5) is 0 Å². The van der Waals surface area contributed by atoms with Crippen LogP contribution in [-0.2, 0) is 22.4 Å². The summed E-state index contributed by atoms with van der Waals surface area (Å²) in [6, 6.07) is 8.69. The molecule has 18 heavy (non-hydrogen) atoms. The van der Waals surface area contributed by atoms with Crippen molar-refractivity contribution in [3.63, 3.8) is 0 Å². The molecule has 1 atom stereocenters.